The van der Waals surface area contributed by atoms with Crippen LogP contribution in [0.5, 0.6) is 0 Å². The van der Waals surface area contributed by atoms with Crippen LogP contribution in [-0.4, -0.2) is 4.92 Å². The van der Waals surface area contributed by atoms with E-state index in [4.69, 9.17) is 0 Å². The maximum Gasteiger partial charge on any atom is 0.305 e. The molecule has 1 rings (SSSR count). The molecule has 0 aromatic heterocycles. The minimum absolute atomic E-state index is 0.307. The zero-order chi connectivity index (χ0) is 9.30. The number of halogens is 1. The standard InChI is InChI=1S/C8H8FNO2/c1-5-3-6(2)8(9)7(4-5)10(11)12/h3-4H,1-2H3. The number of nitro groups is 1. The van der Waals surface area contributed by atoms with Gasteiger partial charge in [-0.2, -0.15) is 4.39 Å². The first-order valence-corrected chi connectivity index (χ1v) is 3.43. The molecule has 0 aliphatic carbocycles. The van der Waals surface area contributed by atoms with Gasteiger partial charge in [-0.05, 0) is 25.0 Å². The van der Waals surface area contributed by atoms with Crippen molar-refractivity contribution in [3.05, 3.63) is 39.2 Å². The summed E-state index contributed by atoms with van der Waals surface area (Å²) in [6, 6.07) is 2.80. The lowest BCUT2D eigenvalue weighted by Crippen LogP contribution is -1.95. The zero-order valence-electron chi connectivity index (χ0n) is 6.80. The molecule has 0 aliphatic heterocycles. The molecule has 0 heterocycles. The molecule has 0 radical (unpaired) electrons. The Morgan fingerprint density at radius 2 is 2.00 bits per heavy atom. The fraction of sp³-hybridized carbons (Fsp3) is 0.250. The Labute approximate surface area is 69.0 Å². The summed E-state index contributed by atoms with van der Waals surface area (Å²) in [5.41, 5.74) is 0.551. The molecule has 0 bridgehead atoms. The highest BCUT2D eigenvalue weighted by Gasteiger charge is 2.15. The highest BCUT2D eigenvalue weighted by Crippen LogP contribution is 2.21. The van der Waals surface area contributed by atoms with Gasteiger partial charge in [-0.25, -0.2) is 0 Å². The largest absolute Gasteiger partial charge is 0.305 e. The molecule has 0 atom stereocenters. The van der Waals surface area contributed by atoms with Crippen LogP contribution in [-0.2, 0) is 0 Å². The second-order valence-corrected chi connectivity index (χ2v) is 2.67. The maximum absolute atomic E-state index is 13.0. The number of rotatable bonds is 1. The van der Waals surface area contributed by atoms with Gasteiger partial charge in [-0.3, -0.25) is 10.1 Å². The van der Waals surface area contributed by atoms with E-state index >= 15 is 0 Å². The highest BCUT2D eigenvalue weighted by atomic mass is 19.1. The number of hydrogen-bond donors (Lipinski definition) is 0. The summed E-state index contributed by atoms with van der Waals surface area (Å²) in [5.74, 6) is -0.745. The van der Waals surface area contributed by atoms with E-state index in [1.807, 2.05) is 0 Å². The average Bonchev–Trinajstić information content (AvgIpc) is 1.96. The van der Waals surface area contributed by atoms with Crippen LogP contribution in [0.15, 0.2) is 12.1 Å². The Morgan fingerprint density at radius 3 is 2.50 bits per heavy atom. The molecule has 0 unspecified atom stereocenters. The van der Waals surface area contributed by atoms with Crippen molar-refractivity contribution in [2.24, 2.45) is 0 Å². The van der Waals surface area contributed by atoms with Gasteiger partial charge in [-0.15, -0.1) is 0 Å². The first kappa shape index (κ1) is 8.64. The summed E-state index contributed by atoms with van der Waals surface area (Å²) >= 11 is 0. The molecule has 0 amide bonds. The van der Waals surface area contributed by atoms with Crippen molar-refractivity contribution in [3.8, 4) is 0 Å². The van der Waals surface area contributed by atoms with Crippen LogP contribution >= 0.6 is 0 Å². The number of nitro benzene ring substituents is 1. The van der Waals surface area contributed by atoms with Crippen molar-refractivity contribution in [1.29, 1.82) is 0 Å². The van der Waals surface area contributed by atoms with Crippen LogP contribution in [0.4, 0.5) is 10.1 Å². The van der Waals surface area contributed by atoms with Gasteiger partial charge in [0.15, 0.2) is 0 Å². The van der Waals surface area contributed by atoms with Crippen molar-refractivity contribution in [1.82, 2.24) is 0 Å². The lowest BCUT2D eigenvalue weighted by Gasteiger charge is -1.99. The lowest BCUT2D eigenvalue weighted by molar-refractivity contribution is -0.387. The number of nitrogens with zero attached hydrogens (tertiary/aromatic N) is 1. The Hall–Kier alpha value is -1.45. The fourth-order valence-corrected chi connectivity index (χ4v) is 1.06. The number of hydrogen-bond acceptors (Lipinski definition) is 2. The quantitative estimate of drug-likeness (QED) is 0.478. The van der Waals surface area contributed by atoms with Crippen LogP contribution in [0.25, 0.3) is 0 Å². The Morgan fingerprint density at radius 1 is 1.42 bits per heavy atom. The average molecular weight is 169 g/mol. The van der Waals surface area contributed by atoms with E-state index in [0.717, 1.165) is 0 Å². The van der Waals surface area contributed by atoms with Crippen molar-refractivity contribution >= 4 is 5.69 Å². The first-order valence-electron chi connectivity index (χ1n) is 3.43. The van der Waals surface area contributed by atoms with Crippen molar-refractivity contribution in [2.75, 3.05) is 0 Å². The number of aryl methyl sites for hydroxylation is 2. The predicted octanol–water partition coefficient (Wildman–Crippen LogP) is 2.35. The molecule has 12 heavy (non-hydrogen) atoms. The second-order valence-electron chi connectivity index (χ2n) is 2.67. The molecule has 1 aromatic rings. The summed E-state index contributed by atoms with van der Waals surface area (Å²) in [6.45, 7) is 3.20. The van der Waals surface area contributed by atoms with Crippen LogP contribution in [0.3, 0.4) is 0 Å². The van der Waals surface area contributed by atoms with Gasteiger partial charge in [0.25, 0.3) is 0 Å². The van der Waals surface area contributed by atoms with Crippen LogP contribution < -0.4 is 0 Å². The van der Waals surface area contributed by atoms with Gasteiger partial charge >= 0.3 is 5.69 Å². The predicted molar refractivity (Wildman–Crippen MR) is 42.5 cm³/mol. The minimum atomic E-state index is -0.745. The third kappa shape index (κ3) is 1.42. The van der Waals surface area contributed by atoms with Gasteiger partial charge in [0, 0.05) is 6.07 Å². The normalized spacial score (nSPS) is 9.92. The topological polar surface area (TPSA) is 43.1 Å². The minimum Gasteiger partial charge on any atom is -0.258 e. The fourth-order valence-electron chi connectivity index (χ4n) is 1.06. The molecular weight excluding hydrogens is 161 g/mol. The molecule has 0 N–H and O–H groups in total. The first-order chi connectivity index (χ1) is 5.52. The van der Waals surface area contributed by atoms with Gasteiger partial charge in [-0.1, -0.05) is 6.07 Å². The van der Waals surface area contributed by atoms with Crippen LogP contribution in [0.1, 0.15) is 11.1 Å². The van der Waals surface area contributed by atoms with E-state index in [1.54, 1.807) is 13.0 Å². The van der Waals surface area contributed by atoms with Crippen LogP contribution in [0.2, 0.25) is 0 Å². The lowest BCUT2D eigenvalue weighted by atomic mass is 10.1. The maximum atomic E-state index is 13.0. The Bertz CT molecular complexity index is 336. The molecule has 64 valence electrons. The third-order valence-electron chi connectivity index (χ3n) is 1.58. The second kappa shape index (κ2) is 2.89. The van der Waals surface area contributed by atoms with E-state index in [2.05, 4.69) is 0 Å². The van der Waals surface area contributed by atoms with E-state index in [9.17, 15) is 14.5 Å². The van der Waals surface area contributed by atoms with Crippen molar-refractivity contribution in [2.45, 2.75) is 13.8 Å². The van der Waals surface area contributed by atoms with E-state index in [-0.39, 0.29) is 0 Å². The highest BCUT2D eigenvalue weighted by molar-refractivity contribution is 5.40. The van der Waals surface area contributed by atoms with Crippen molar-refractivity contribution in [3.63, 3.8) is 0 Å². The van der Waals surface area contributed by atoms with E-state index in [0.29, 0.717) is 11.1 Å². The van der Waals surface area contributed by atoms with Crippen LogP contribution in [0, 0.1) is 29.8 Å². The zero-order valence-corrected chi connectivity index (χ0v) is 6.80. The molecule has 0 spiro atoms. The Balaban J connectivity index is 3.37. The van der Waals surface area contributed by atoms with Gasteiger partial charge < -0.3 is 0 Å². The summed E-state index contributed by atoms with van der Waals surface area (Å²) in [7, 11) is 0. The molecule has 3 nitrogen and oxygen atoms in total. The summed E-state index contributed by atoms with van der Waals surface area (Å²) in [5, 5.41) is 10.3. The molecule has 4 heteroatoms. The SMILES string of the molecule is Cc1cc(C)c(F)c([N+](=O)[O-])c1. The molecule has 0 saturated heterocycles. The van der Waals surface area contributed by atoms with E-state index < -0.39 is 16.4 Å². The number of benzene rings is 1. The summed E-state index contributed by atoms with van der Waals surface area (Å²) in [6.07, 6.45) is 0. The van der Waals surface area contributed by atoms with E-state index in [1.165, 1.54) is 13.0 Å². The molecule has 0 fully saturated rings. The molecule has 0 saturated carbocycles. The smallest absolute Gasteiger partial charge is 0.258 e. The monoisotopic (exact) mass is 169 g/mol. The Kier molecular flexibility index (Phi) is 2.08. The molecule has 1 aromatic carbocycles. The van der Waals surface area contributed by atoms with Crippen molar-refractivity contribution < 1.29 is 9.31 Å². The summed E-state index contributed by atoms with van der Waals surface area (Å²) < 4.78 is 13.0. The van der Waals surface area contributed by atoms with Gasteiger partial charge in [0.1, 0.15) is 0 Å². The van der Waals surface area contributed by atoms with Gasteiger partial charge in [0.2, 0.25) is 5.82 Å². The third-order valence-corrected chi connectivity index (χ3v) is 1.58. The van der Waals surface area contributed by atoms with Gasteiger partial charge in [0.05, 0.1) is 4.92 Å². The summed E-state index contributed by atoms with van der Waals surface area (Å²) in [4.78, 5) is 9.58. The molecule has 0 aliphatic rings. The molecular formula is C8H8FNO2.